The van der Waals surface area contributed by atoms with E-state index in [9.17, 15) is 19.0 Å². The first-order valence-electron chi connectivity index (χ1n) is 20.0. The third-order valence-electron chi connectivity index (χ3n) is 8.74. The maximum absolute atomic E-state index is 12.5. The number of hydrogen-bond acceptors (Lipinski definition) is 8. The van der Waals surface area contributed by atoms with Crippen LogP contribution in [0.5, 0.6) is 0 Å². The van der Waals surface area contributed by atoms with Crippen LogP contribution in [0.15, 0.2) is 0 Å². The number of rotatable bonds is 38. The van der Waals surface area contributed by atoms with E-state index >= 15 is 0 Å². The van der Waals surface area contributed by atoms with E-state index < -0.39 is 26.5 Å². The fraction of sp³-hybridized carbons (Fsp3) is 0.947. The van der Waals surface area contributed by atoms with Crippen molar-refractivity contribution in [3.05, 3.63) is 0 Å². The van der Waals surface area contributed by atoms with Crippen LogP contribution in [0, 0.1) is 0 Å². The molecule has 2 unspecified atom stereocenters. The average molecular weight is 706 g/mol. The molecular formula is C38H76NO8P. The summed E-state index contributed by atoms with van der Waals surface area (Å²) in [6.45, 7) is 3.75. The minimum Gasteiger partial charge on any atom is -0.462 e. The molecule has 9 nitrogen and oxygen atoms in total. The Kier molecular flexibility index (Phi) is 35.1. The second-order valence-electron chi connectivity index (χ2n) is 13.5. The topological polar surface area (TPSA) is 134 Å². The number of carbonyl (C=O) groups excluding carboxylic acids is 2. The second-order valence-corrected chi connectivity index (χ2v) is 15.0. The van der Waals surface area contributed by atoms with Gasteiger partial charge in [0.2, 0.25) is 0 Å². The molecule has 0 aromatic rings. The largest absolute Gasteiger partial charge is 0.472 e. The first-order valence-corrected chi connectivity index (χ1v) is 21.5. The lowest BCUT2D eigenvalue weighted by molar-refractivity contribution is -0.161. The molecule has 0 heterocycles. The van der Waals surface area contributed by atoms with Crippen LogP contribution >= 0.6 is 7.82 Å². The number of nitrogens with two attached hydrogens (primary N) is 1. The number of phosphoric ester groups is 1. The van der Waals surface area contributed by atoms with Crippen molar-refractivity contribution in [2.24, 2.45) is 5.73 Å². The molecule has 0 saturated carbocycles. The van der Waals surface area contributed by atoms with E-state index in [1.54, 1.807) is 0 Å². The van der Waals surface area contributed by atoms with Crippen molar-refractivity contribution in [3.63, 3.8) is 0 Å². The Bertz CT molecular complexity index is 769. The van der Waals surface area contributed by atoms with E-state index in [1.165, 1.54) is 135 Å². The van der Waals surface area contributed by atoms with Crippen LogP contribution in [0.25, 0.3) is 0 Å². The lowest BCUT2D eigenvalue weighted by atomic mass is 10.0. The maximum atomic E-state index is 12.5. The fourth-order valence-corrected chi connectivity index (χ4v) is 6.52. The van der Waals surface area contributed by atoms with Crippen LogP contribution < -0.4 is 5.73 Å². The van der Waals surface area contributed by atoms with E-state index in [1.807, 2.05) is 0 Å². The highest BCUT2D eigenvalue weighted by atomic mass is 31.2. The van der Waals surface area contributed by atoms with Gasteiger partial charge in [0, 0.05) is 19.4 Å². The van der Waals surface area contributed by atoms with Gasteiger partial charge in [0.05, 0.1) is 13.2 Å². The summed E-state index contributed by atoms with van der Waals surface area (Å²) in [5.41, 5.74) is 5.33. The standard InChI is InChI=1S/C38H76NO8P/c1-3-5-7-9-11-13-15-16-17-18-19-21-23-25-27-29-31-38(41)47-36(35-46-48(42,43)45-33-32-39)34-44-37(40)30-28-26-24-22-20-14-12-10-8-6-4-2/h36H,3-35,39H2,1-2H3,(H,42,43). The third kappa shape index (κ3) is 34.9. The molecule has 0 aliphatic carbocycles. The van der Waals surface area contributed by atoms with Gasteiger partial charge in [-0.3, -0.25) is 18.6 Å². The summed E-state index contributed by atoms with van der Waals surface area (Å²) < 4.78 is 32.7. The molecule has 48 heavy (non-hydrogen) atoms. The molecule has 0 aliphatic rings. The Morgan fingerprint density at radius 1 is 0.542 bits per heavy atom. The highest BCUT2D eigenvalue weighted by Crippen LogP contribution is 2.43. The lowest BCUT2D eigenvalue weighted by Gasteiger charge is -2.19. The Morgan fingerprint density at radius 3 is 1.27 bits per heavy atom. The van der Waals surface area contributed by atoms with Crippen molar-refractivity contribution in [3.8, 4) is 0 Å². The first-order chi connectivity index (χ1) is 23.3. The number of carbonyl (C=O) groups is 2. The zero-order chi connectivity index (χ0) is 35.4. The molecule has 0 amide bonds. The molecule has 0 saturated heterocycles. The first kappa shape index (κ1) is 47.0. The minimum atomic E-state index is -4.36. The molecule has 286 valence electrons. The van der Waals surface area contributed by atoms with E-state index in [0.29, 0.717) is 6.42 Å². The molecule has 3 N–H and O–H groups in total. The van der Waals surface area contributed by atoms with Crippen molar-refractivity contribution in [2.45, 2.75) is 206 Å². The monoisotopic (exact) mass is 706 g/mol. The van der Waals surface area contributed by atoms with Gasteiger partial charge in [-0.15, -0.1) is 0 Å². The minimum absolute atomic E-state index is 0.0578. The fourth-order valence-electron chi connectivity index (χ4n) is 5.75. The summed E-state index contributed by atoms with van der Waals surface area (Å²) in [6, 6.07) is 0. The van der Waals surface area contributed by atoms with Crippen molar-refractivity contribution in [1.82, 2.24) is 0 Å². The predicted molar refractivity (Wildman–Crippen MR) is 197 cm³/mol. The van der Waals surface area contributed by atoms with Gasteiger partial charge < -0.3 is 20.1 Å². The summed E-state index contributed by atoms with van der Waals surface area (Å²) in [6.07, 6.45) is 32.7. The molecule has 2 atom stereocenters. The van der Waals surface area contributed by atoms with Crippen LogP contribution in [-0.2, 0) is 32.7 Å². The van der Waals surface area contributed by atoms with E-state index in [2.05, 4.69) is 13.8 Å². The van der Waals surface area contributed by atoms with Crippen LogP contribution in [-0.4, -0.2) is 49.3 Å². The number of hydrogen-bond donors (Lipinski definition) is 2. The molecule has 0 bridgehead atoms. The van der Waals surface area contributed by atoms with E-state index in [-0.39, 0.29) is 38.6 Å². The van der Waals surface area contributed by atoms with Gasteiger partial charge >= 0.3 is 19.8 Å². The van der Waals surface area contributed by atoms with Gasteiger partial charge in [0.15, 0.2) is 6.10 Å². The molecule has 0 fully saturated rings. The highest BCUT2D eigenvalue weighted by Gasteiger charge is 2.26. The van der Waals surface area contributed by atoms with Gasteiger partial charge in [-0.05, 0) is 12.8 Å². The van der Waals surface area contributed by atoms with Crippen LogP contribution in [0.4, 0.5) is 0 Å². The van der Waals surface area contributed by atoms with Crippen LogP contribution in [0.1, 0.15) is 200 Å². The Labute approximate surface area is 295 Å². The Morgan fingerprint density at radius 2 is 0.896 bits per heavy atom. The Balaban J connectivity index is 4.14. The van der Waals surface area contributed by atoms with Gasteiger partial charge in [-0.1, -0.05) is 174 Å². The molecular weight excluding hydrogens is 629 g/mol. The molecule has 0 aromatic carbocycles. The SMILES string of the molecule is CCCCCCCCCCCCCCCCCCC(=O)OC(COC(=O)CCCCCCCCCCCCC)COP(=O)(O)OCCN. The average Bonchev–Trinajstić information content (AvgIpc) is 3.07. The summed E-state index contributed by atoms with van der Waals surface area (Å²) >= 11 is 0. The van der Waals surface area contributed by atoms with Crippen molar-refractivity contribution < 1.29 is 37.6 Å². The molecule has 0 radical (unpaired) electrons. The number of unbranched alkanes of at least 4 members (excludes halogenated alkanes) is 25. The molecule has 0 aliphatic heterocycles. The zero-order valence-electron chi connectivity index (χ0n) is 31.2. The summed E-state index contributed by atoms with van der Waals surface area (Å²) in [4.78, 5) is 34.7. The normalized spacial score (nSPS) is 13.3. The molecule has 0 aromatic heterocycles. The van der Waals surface area contributed by atoms with Gasteiger partial charge in [0.1, 0.15) is 6.61 Å². The summed E-state index contributed by atoms with van der Waals surface area (Å²) in [5.74, 6) is -0.817. The second kappa shape index (κ2) is 35.8. The summed E-state index contributed by atoms with van der Waals surface area (Å²) in [7, 11) is -4.36. The molecule has 0 spiro atoms. The Hall–Kier alpha value is -0.990. The van der Waals surface area contributed by atoms with Crippen molar-refractivity contribution in [2.75, 3.05) is 26.4 Å². The number of phosphoric acid groups is 1. The van der Waals surface area contributed by atoms with Gasteiger partial charge in [0.25, 0.3) is 0 Å². The zero-order valence-corrected chi connectivity index (χ0v) is 32.1. The summed E-state index contributed by atoms with van der Waals surface area (Å²) in [5, 5.41) is 0. The smallest absolute Gasteiger partial charge is 0.462 e. The highest BCUT2D eigenvalue weighted by molar-refractivity contribution is 7.47. The van der Waals surface area contributed by atoms with E-state index in [0.717, 1.165) is 32.1 Å². The van der Waals surface area contributed by atoms with Crippen molar-refractivity contribution in [1.29, 1.82) is 0 Å². The maximum Gasteiger partial charge on any atom is 0.472 e. The predicted octanol–water partition coefficient (Wildman–Crippen LogP) is 10.9. The van der Waals surface area contributed by atoms with Crippen LogP contribution in [0.3, 0.4) is 0 Å². The van der Waals surface area contributed by atoms with Gasteiger partial charge in [-0.2, -0.15) is 0 Å². The van der Waals surface area contributed by atoms with Crippen LogP contribution in [0.2, 0.25) is 0 Å². The quantitative estimate of drug-likeness (QED) is 0.0365. The lowest BCUT2D eigenvalue weighted by Crippen LogP contribution is -2.29. The third-order valence-corrected chi connectivity index (χ3v) is 9.73. The number of ether oxygens (including phenoxy) is 2. The number of esters is 2. The van der Waals surface area contributed by atoms with Crippen molar-refractivity contribution >= 4 is 19.8 Å². The molecule has 0 rings (SSSR count). The van der Waals surface area contributed by atoms with Gasteiger partial charge in [-0.25, -0.2) is 4.57 Å². The van der Waals surface area contributed by atoms with E-state index in [4.69, 9.17) is 24.3 Å². The molecule has 10 heteroatoms.